The number of nitrogens with one attached hydrogen (secondary N) is 1. The topological polar surface area (TPSA) is 41.1 Å². The van der Waals surface area contributed by atoms with Crippen molar-refractivity contribution in [3.05, 3.63) is 40.5 Å². The van der Waals surface area contributed by atoms with E-state index in [0.717, 1.165) is 31.0 Å². The highest BCUT2D eigenvalue weighted by atomic mass is 32.1. The summed E-state index contributed by atoms with van der Waals surface area (Å²) in [7, 11) is 2.08. The van der Waals surface area contributed by atoms with Crippen LogP contribution in [0.2, 0.25) is 0 Å². The van der Waals surface area contributed by atoms with Gasteiger partial charge in [0.1, 0.15) is 5.82 Å². The van der Waals surface area contributed by atoms with Gasteiger partial charge in [-0.25, -0.2) is 4.98 Å². The third-order valence-electron chi connectivity index (χ3n) is 3.33. The predicted molar refractivity (Wildman–Crippen MR) is 85.3 cm³/mol. The Kier molecular flexibility index (Phi) is 5.49. The monoisotopic (exact) mass is 290 g/mol. The van der Waals surface area contributed by atoms with E-state index in [9.17, 15) is 0 Å². The second-order valence-corrected chi connectivity index (χ2v) is 5.92. The fourth-order valence-electron chi connectivity index (χ4n) is 1.99. The van der Waals surface area contributed by atoms with Gasteiger partial charge in [-0.15, -0.1) is 11.3 Å². The highest BCUT2D eigenvalue weighted by molar-refractivity contribution is 7.09. The molecule has 2 aromatic rings. The van der Waals surface area contributed by atoms with E-state index in [-0.39, 0.29) is 0 Å². The molecule has 0 spiro atoms. The molecule has 4 nitrogen and oxygen atoms in total. The third kappa shape index (κ3) is 4.02. The van der Waals surface area contributed by atoms with Crippen molar-refractivity contribution in [1.82, 2.24) is 15.3 Å². The van der Waals surface area contributed by atoms with Gasteiger partial charge in [-0.1, -0.05) is 13.0 Å². The molecule has 0 aromatic carbocycles. The van der Waals surface area contributed by atoms with Gasteiger partial charge in [-0.05, 0) is 24.9 Å². The lowest BCUT2D eigenvalue weighted by molar-refractivity contribution is 0.667. The Bertz CT molecular complexity index is 512. The summed E-state index contributed by atoms with van der Waals surface area (Å²) in [5.74, 6) is 0.935. The molecule has 0 amide bonds. The van der Waals surface area contributed by atoms with Crippen LogP contribution in [-0.2, 0) is 13.0 Å². The molecule has 5 heteroatoms. The summed E-state index contributed by atoms with van der Waals surface area (Å²) in [5, 5.41) is 5.40. The van der Waals surface area contributed by atoms with Gasteiger partial charge in [-0.2, -0.15) is 0 Å². The number of hydrogen-bond donors (Lipinski definition) is 1. The summed E-state index contributed by atoms with van der Waals surface area (Å²) in [6, 6.07) is 4.68. The maximum absolute atomic E-state index is 4.66. The lowest BCUT2D eigenvalue weighted by Gasteiger charge is -2.25. The van der Waals surface area contributed by atoms with Crippen molar-refractivity contribution in [3.8, 4) is 0 Å². The Morgan fingerprint density at radius 3 is 2.95 bits per heavy atom. The Hall–Kier alpha value is -1.46. The highest BCUT2D eigenvalue weighted by Gasteiger charge is 2.13. The van der Waals surface area contributed by atoms with Crippen molar-refractivity contribution in [3.63, 3.8) is 0 Å². The lowest BCUT2D eigenvalue weighted by atomic mass is 10.2. The number of thiophene rings is 1. The number of aromatic nitrogens is 2. The minimum atomic E-state index is 0.400. The van der Waals surface area contributed by atoms with Crippen LogP contribution >= 0.6 is 11.3 Å². The van der Waals surface area contributed by atoms with Crippen LogP contribution in [0.3, 0.4) is 0 Å². The molecular formula is C15H22N4S. The van der Waals surface area contributed by atoms with Crippen molar-refractivity contribution < 1.29 is 0 Å². The SMILES string of the molecule is CCNCc1cncc(N(C)C(C)Cc2cccs2)n1. The second kappa shape index (κ2) is 7.36. The summed E-state index contributed by atoms with van der Waals surface area (Å²) < 4.78 is 0. The fraction of sp³-hybridized carbons (Fsp3) is 0.467. The smallest absolute Gasteiger partial charge is 0.147 e. The number of anilines is 1. The van der Waals surface area contributed by atoms with E-state index in [0.29, 0.717) is 6.04 Å². The first kappa shape index (κ1) is 14.9. The molecule has 1 N–H and O–H groups in total. The molecule has 2 heterocycles. The molecule has 0 aliphatic carbocycles. The van der Waals surface area contributed by atoms with Gasteiger partial charge in [0.15, 0.2) is 0 Å². The molecular weight excluding hydrogens is 268 g/mol. The van der Waals surface area contributed by atoms with E-state index in [1.165, 1.54) is 4.88 Å². The number of nitrogens with zero attached hydrogens (tertiary/aromatic N) is 3. The van der Waals surface area contributed by atoms with Crippen LogP contribution in [0, 0.1) is 0 Å². The first-order valence-corrected chi connectivity index (χ1v) is 7.85. The maximum atomic E-state index is 4.66. The molecule has 1 unspecified atom stereocenters. The van der Waals surface area contributed by atoms with E-state index in [2.05, 4.69) is 58.6 Å². The third-order valence-corrected chi connectivity index (χ3v) is 4.23. The number of likely N-dealkylation sites (N-methyl/N-ethyl adjacent to an activating group) is 1. The largest absolute Gasteiger partial charge is 0.355 e. The molecule has 20 heavy (non-hydrogen) atoms. The summed E-state index contributed by atoms with van der Waals surface area (Å²) in [6.45, 7) is 6.02. The molecule has 0 aliphatic rings. The number of hydrogen-bond acceptors (Lipinski definition) is 5. The van der Waals surface area contributed by atoms with Crippen molar-refractivity contribution in [2.24, 2.45) is 0 Å². The van der Waals surface area contributed by atoms with Gasteiger partial charge in [0.2, 0.25) is 0 Å². The molecule has 2 aromatic heterocycles. The van der Waals surface area contributed by atoms with Crippen molar-refractivity contribution in [1.29, 1.82) is 0 Å². The van der Waals surface area contributed by atoms with Crippen LogP contribution in [0.1, 0.15) is 24.4 Å². The lowest BCUT2D eigenvalue weighted by Crippen LogP contribution is -2.31. The molecule has 2 rings (SSSR count). The molecule has 108 valence electrons. The average molecular weight is 290 g/mol. The van der Waals surface area contributed by atoms with E-state index in [1.54, 1.807) is 11.3 Å². The zero-order valence-electron chi connectivity index (χ0n) is 12.3. The van der Waals surface area contributed by atoms with Crippen LogP contribution in [0.25, 0.3) is 0 Å². The van der Waals surface area contributed by atoms with Crippen LogP contribution in [0.5, 0.6) is 0 Å². The molecule has 1 atom stereocenters. The number of rotatable bonds is 7. The quantitative estimate of drug-likeness (QED) is 0.851. The highest BCUT2D eigenvalue weighted by Crippen LogP contribution is 2.17. The second-order valence-electron chi connectivity index (χ2n) is 4.89. The molecule has 0 bridgehead atoms. The van der Waals surface area contributed by atoms with Crippen molar-refractivity contribution in [2.45, 2.75) is 32.9 Å². The van der Waals surface area contributed by atoms with Crippen LogP contribution in [0.15, 0.2) is 29.9 Å². The van der Waals surface area contributed by atoms with E-state index in [4.69, 9.17) is 0 Å². The van der Waals surface area contributed by atoms with Gasteiger partial charge in [0, 0.05) is 37.1 Å². The summed E-state index contributed by atoms with van der Waals surface area (Å²) in [6.07, 6.45) is 4.69. The van der Waals surface area contributed by atoms with Crippen LogP contribution in [0.4, 0.5) is 5.82 Å². The van der Waals surface area contributed by atoms with Crippen LogP contribution < -0.4 is 10.2 Å². The van der Waals surface area contributed by atoms with Gasteiger partial charge in [0.25, 0.3) is 0 Å². The first-order valence-electron chi connectivity index (χ1n) is 6.97. The molecule has 0 radical (unpaired) electrons. The van der Waals surface area contributed by atoms with E-state index < -0.39 is 0 Å². The maximum Gasteiger partial charge on any atom is 0.147 e. The first-order chi connectivity index (χ1) is 9.70. The van der Waals surface area contributed by atoms with Gasteiger partial charge in [-0.3, -0.25) is 4.98 Å². The Morgan fingerprint density at radius 2 is 2.25 bits per heavy atom. The standard InChI is InChI=1S/C15H22N4S/c1-4-16-9-13-10-17-11-15(18-13)19(3)12(2)8-14-6-5-7-20-14/h5-7,10-12,16H,4,8-9H2,1-3H3. The van der Waals surface area contributed by atoms with E-state index >= 15 is 0 Å². The van der Waals surface area contributed by atoms with Gasteiger partial charge in [0.05, 0.1) is 11.9 Å². The summed E-state index contributed by atoms with van der Waals surface area (Å²) in [5.41, 5.74) is 0.986. The molecule has 0 saturated carbocycles. The summed E-state index contributed by atoms with van der Waals surface area (Å²) in [4.78, 5) is 12.6. The van der Waals surface area contributed by atoms with Crippen molar-refractivity contribution in [2.75, 3.05) is 18.5 Å². The van der Waals surface area contributed by atoms with Crippen LogP contribution in [-0.4, -0.2) is 29.6 Å². The average Bonchev–Trinajstić information content (AvgIpc) is 2.97. The van der Waals surface area contributed by atoms with Gasteiger partial charge >= 0.3 is 0 Å². The zero-order valence-corrected chi connectivity index (χ0v) is 13.2. The molecule has 0 saturated heterocycles. The Balaban J connectivity index is 2.02. The zero-order chi connectivity index (χ0) is 14.4. The fourth-order valence-corrected chi connectivity index (χ4v) is 2.81. The normalized spacial score (nSPS) is 12.3. The molecule has 0 fully saturated rings. The van der Waals surface area contributed by atoms with E-state index in [1.807, 2.05) is 12.4 Å². The minimum absolute atomic E-state index is 0.400. The van der Waals surface area contributed by atoms with Crippen molar-refractivity contribution >= 4 is 17.2 Å². The Morgan fingerprint density at radius 1 is 1.40 bits per heavy atom. The predicted octanol–water partition coefficient (Wildman–Crippen LogP) is 2.72. The molecule has 0 aliphatic heterocycles. The summed E-state index contributed by atoms with van der Waals surface area (Å²) >= 11 is 1.81. The Labute approximate surface area is 124 Å². The van der Waals surface area contributed by atoms with Gasteiger partial charge < -0.3 is 10.2 Å². The minimum Gasteiger partial charge on any atom is -0.355 e.